The highest BCUT2D eigenvalue weighted by Gasteiger charge is 2.40. The number of nitrogens with one attached hydrogen (secondary N) is 1. The minimum atomic E-state index is -0.563. The van der Waals surface area contributed by atoms with Crippen molar-refractivity contribution in [3.63, 3.8) is 0 Å². The van der Waals surface area contributed by atoms with Gasteiger partial charge in [-0.05, 0) is 67.4 Å². The summed E-state index contributed by atoms with van der Waals surface area (Å²) < 4.78 is 0.856. The van der Waals surface area contributed by atoms with Crippen molar-refractivity contribution in [3.8, 4) is 6.07 Å². The standard InChI is InChI=1S/C26H19BrClN3O2S/c1-16-5-9-20(10-6-16)30-24(32)22(15-29)26-31(21-11-7-18(27)8-12-21)25(33)23(34-26)14-17-3-2-4-19(28)13-17/h2-13,23H,14H2,1H3,(H,30,32)/b26-22-/t23-/m1/s1. The van der Waals surface area contributed by atoms with Crippen molar-refractivity contribution in [1.29, 1.82) is 5.26 Å². The maximum absolute atomic E-state index is 13.5. The molecule has 0 saturated carbocycles. The molecule has 1 saturated heterocycles. The number of hydrogen-bond acceptors (Lipinski definition) is 4. The van der Waals surface area contributed by atoms with E-state index in [4.69, 9.17) is 11.6 Å². The molecule has 0 bridgehead atoms. The number of carbonyl (C=O) groups excluding carboxylic acids is 2. The molecule has 1 heterocycles. The molecule has 3 aromatic rings. The molecule has 2 amide bonds. The number of hydrogen-bond donors (Lipinski definition) is 1. The second-order valence-corrected chi connectivity index (χ2v) is 10.2. The normalized spacial score (nSPS) is 16.8. The minimum Gasteiger partial charge on any atom is -0.321 e. The summed E-state index contributed by atoms with van der Waals surface area (Å²) in [4.78, 5) is 28.1. The van der Waals surface area contributed by atoms with E-state index in [2.05, 4.69) is 21.2 Å². The SMILES string of the molecule is Cc1ccc(NC(=O)/C(C#N)=C2\S[C@H](Cc3cccc(Cl)c3)C(=O)N2c2ccc(Br)cc2)cc1. The molecule has 1 aliphatic rings. The Morgan fingerprint density at radius 2 is 1.85 bits per heavy atom. The zero-order valence-corrected chi connectivity index (χ0v) is 21.2. The molecule has 4 rings (SSSR count). The van der Waals surface area contributed by atoms with Crippen LogP contribution in [0.3, 0.4) is 0 Å². The maximum Gasteiger partial charge on any atom is 0.269 e. The summed E-state index contributed by atoms with van der Waals surface area (Å²) >= 11 is 10.7. The predicted octanol–water partition coefficient (Wildman–Crippen LogP) is 6.48. The van der Waals surface area contributed by atoms with E-state index in [9.17, 15) is 14.9 Å². The number of carbonyl (C=O) groups is 2. The van der Waals surface area contributed by atoms with Crippen LogP contribution in [0.25, 0.3) is 0 Å². The lowest BCUT2D eigenvalue weighted by Crippen LogP contribution is -2.30. The van der Waals surface area contributed by atoms with Crippen LogP contribution >= 0.6 is 39.3 Å². The third-order valence-corrected chi connectivity index (χ3v) is 7.24. The Bertz CT molecular complexity index is 1320. The fraction of sp³-hybridized carbons (Fsp3) is 0.115. The number of aryl methyl sites for hydroxylation is 1. The van der Waals surface area contributed by atoms with Crippen molar-refractivity contribution in [2.75, 3.05) is 10.2 Å². The van der Waals surface area contributed by atoms with Gasteiger partial charge in [0.05, 0.1) is 5.25 Å². The number of nitrogens with zero attached hydrogens (tertiary/aromatic N) is 2. The number of benzene rings is 3. The molecule has 0 aromatic heterocycles. The smallest absolute Gasteiger partial charge is 0.269 e. The van der Waals surface area contributed by atoms with Gasteiger partial charge in [-0.2, -0.15) is 5.26 Å². The molecule has 1 aliphatic heterocycles. The molecular weight excluding hydrogens is 534 g/mol. The predicted molar refractivity (Wildman–Crippen MR) is 141 cm³/mol. The van der Waals surface area contributed by atoms with Gasteiger partial charge >= 0.3 is 0 Å². The first-order valence-corrected chi connectivity index (χ1v) is 12.4. The third kappa shape index (κ3) is 5.36. The molecular formula is C26H19BrClN3O2S. The van der Waals surface area contributed by atoms with Crippen LogP contribution in [0.2, 0.25) is 5.02 Å². The van der Waals surface area contributed by atoms with E-state index in [1.807, 2.05) is 55.5 Å². The van der Waals surface area contributed by atoms with E-state index < -0.39 is 11.2 Å². The number of anilines is 2. The van der Waals surface area contributed by atoms with Crippen molar-refractivity contribution in [2.24, 2.45) is 0 Å². The molecule has 170 valence electrons. The van der Waals surface area contributed by atoms with Gasteiger partial charge in [0.1, 0.15) is 16.7 Å². The van der Waals surface area contributed by atoms with Crippen molar-refractivity contribution in [2.45, 2.75) is 18.6 Å². The number of halogens is 2. The molecule has 3 aromatic carbocycles. The summed E-state index contributed by atoms with van der Waals surface area (Å²) in [6.45, 7) is 1.95. The number of rotatable bonds is 5. The Kier molecular flexibility index (Phi) is 7.42. The molecule has 34 heavy (non-hydrogen) atoms. The largest absolute Gasteiger partial charge is 0.321 e. The summed E-state index contributed by atoms with van der Waals surface area (Å²) in [6.07, 6.45) is 0.416. The first kappa shape index (κ1) is 24.1. The second kappa shape index (κ2) is 10.5. The van der Waals surface area contributed by atoms with Crippen LogP contribution in [-0.4, -0.2) is 17.1 Å². The Morgan fingerprint density at radius 3 is 2.50 bits per heavy atom. The molecule has 8 heteroatoms. The van der Waals surface area contributed by atoms with Crippen LogP contribution in [-0.2, 0) is 16.0 Å². The van der Waals surface area contributed by atoms with Gasteiger partial charge in [0.2, 0.25) is 5.91 Å². The molecule has 1 fully saturated rings. The fourth-order valence-corrected chi connectivity index (χ4v) is 5.31. The average molecular weight is 553 g/mol. The highest BCUT2D eigenvalue weighted by atomic mass is 79.9. The van der Waals surface area contributed by atoms with Crippen molar-refractivity contribution >= 4 is 62.5 Å². The van der Waals surface area contributed by atoms with Gasteiger partial charge in [-0.25, -0.2) is 0 Å². The first-order valence-electron chi connectivity index (χ1n) is 10.4. The quantitative estimate of drug-likeness (QED) is 0.291. The number of nitriles is 1. The van der Waals surface area contributed by atoms with Gasteiger partial charge in [-0.1, -0.05) is 69.1 Å². The molecule has 0 radical (unpaired) electrons. The molecule has 0 unspecified atom stereocenters. The van der Waals surface area contributed by atoms with Crippen LogP contribution in [0.4, 0.5) is 11.4 Å². The average Bonchev–Trinajstić information content (AvgIpc) is 3.12. The summed E-state index contributed by atoms with van der Waals surface area (Å²) in [5.41, 5.74) is 3.00. The Labute approximate surface area is 215 Å². The first-order chi connectivity index (χ1) is 16.4. The summed E-state index contributed by atoms with van der Waals surface area (Å²) in [7, 11) is 0. The van der Waals surface area contributed by atoms with Gasteiger partial charge < -0.3 is 5.32 Å². The zero-order valence-electron chi connectivity index (χ0n) is 18.1. The Hall–Kier alpha value is -3.05. The van der Waals surface area contributed by atoms with Gasteiger partial charge in [0.15, 0.2) is 0 Å². The van der Waals surface area contributed by atoms with E-state index in [1.54, 1.807) is 30.3 Å². The lowest BCUT2D eigenvalue weighted by molar-refractivity contribution is -0.117. The van der Waals surface area contributed by atoms with E-state index in [1.165, 1.54) is 16.7 Å². The summed E-state index contributed by atoms with van der Waals surface area (Å²) in [6, 6.07) is 23.8. The van der Waals surface area contributed by atoms with Gasteiger partial charge in [0, 0.05) is 20.9 Å². The van der Waals surface area contributed by atoms with Crippen LogP contribution < -0.4 is 10.2 Å². The highest BCUT2D eigenvalue weighted by molar-refractivity contribution is 9.10. The van der Waals surface area contributed by atoms with Crippen molar-refractivity contribution < 1.29 is 9.59 Å². The molecule has 5 nitrogen and oxygen atoms in total. The van der Waals surface area contributed by atoms with E-state index >= 15 is 0 Å². The lowest BCUT2D eigenvalue weighted by atomic mass is 10.1. The Morgan fingerprint density at radius 1 is 1.15 bits per heavy atom. The van der Waals surface area contributed by atoms with E-state index in [-0.39, 0.29) is 11.5 Å². The Balaban J connectivity index is 1.72. The summed E-state index contributed by atoms with van der Waals surface area (Å²) in [5.74, 6) is -0.759. The molecule has 0 aliphatic carbocycles. The van der Waals surface area contributed by atoms with Gasteiger partial charge in [0.25, 0.3) is 5.91 Å². The van der Waals surface area contributed by atoms with Crippen LogP contribution in [0.15, 0.2) is 87.9 Å². The molecule has 1 N–H and O–H groups in total. The van der Waals surface area contributed by atoms with Gasteiger partial charge in [-0.15, -0.1) is 0 Å². The highest BCUT2D eigenvalue weighted by Crippen LogP contribution is 2.42. The lowest BCUT2D eigenvalue weighted by Gasteiger charge is -2.19. The van der Waals surface area contributed by atoms with Crippen molar-refractivity contribution in [1.82, 2.24) is 0 Å². The van der Waals surface area contributed by atoms with Crippen LogP contribution in [0.1, 0.15) is 11.1 Å². The fourth-order valence-electron chi connectivity index (χ4n) is 3.52. The third-order valence-electron chi connectivity index (χ3n) is 5.21. The monoisotopic (exact) mass is 551 g/mol. The number of amides is 2. The minimum absolute atomic E-state index is 0.115. The van der Waals surface area contributed by atoms with E-state index in [0.29, 0.717) is 27.8 Å². The molecule has 0 spiro atoms. The zero-order chi connectivity index (χ0) is 24.2. The number of thioether (sulfide) groups is 1. The van der Waals surface area contributed by atoms with Gasteiger partial charge in [-0.3, -0.25) is 14.5 Å². The van der Waals surface area contributed by atoms with Crippen LogP contribution in [0, 0.1) is 18.3 Å². The molecule has 1 atom stereocenters. The topological polar surface area (TPSA) is 73.2 Å². The van der Waals surface area contributed by atoms with Crippen molar-refractivity contribution in [3.05, 3.63) is 104 Å². The van der Waals surface area contributed by atoms with Crippen LogP contribution in [0.5, 0.6) is 0 Å². The maximum atomic E-state index is 13.5. The summed E-state index contributed by atoms with van der Waals surface area (Å²) in [5, 5.41) is 13.1. The second-order valence-electron chi connectivity index (χ2n) is 7.70. The van der Waals surface area contributed by atoms with E-state index in [0.717, 1.165) is 15.6 Å².